The Hall–Kier alpha value is -3.28. The van der Waals surface area contributed by atoms with Gasteiger partial charge < -0.3 is 26.0 Å². The fraction of sp³-hybridized carbons (Fsp3) is 0.348. The number of aromatic nitrogens is 3. The summed E-state index contributed by atoms with van der Waals surface area (Å²) in [6.07, 6.45) is 3.11. The molecule has 2 aliphatic heterocycles. The maximum Gasteiger partial charge on any atom is 0.241 e. The van der Waals surface area contributed by atoms with E-state index in [1.54, 1.807) is 6.20 Å². The molecule has 0 aliphatic carbocycles. The molecule has 0 bridgehead atoms. The number of hydrogen-bond acceptors (Lipinski definition) is 10. The molecule has 1 saturated heterocycles. The van der Waals surface area contributed by atoms with Crippen molar-refractivity contribution in [1.82, 2.24) is 25.6 Å². The van der Waals surface area contributed by atoms with Gasteiger partial charge in [0.05, 0.1) is 48.5 Å². The molecule has 176 valence electrons. The minimum absolute atomic E-state index is 0.0700. The monoisotopic (exact) mass is 479 g/mol. The molecule has 1 aromatic carbocycles. The molecule has 1 fully saturated rings. The largest absolute Gasteiger partial charge is 0.480 e. The molecule has 2 aromatic heterocycles. The molecular formula is C23H25N7O3S. The number of nitrogens with zero attached hydrogens (tertiary/aromatic N) is 3. The van der Waals surface area contributed by atoms with Gasteiger partial charge >= 0.3 is 0 Å². The van der Waals surface area contributed by atoms with Gasteiger partial charge in [-0.15, -0.1) is 0 Å². The van der Waals surface area contributed by atoms with E-state index in [1.807, 2.05) is 30.3 Å². The number of nitrogens with one attached hydrogen (secondary N) is 4. The van der Waals surface area contributed by atoms with Crippen LogP contribution in [-0.2, 0) is 16.1 Å². The summed E-state index contributed by atoms with van der Waals surface area (Å²) in [5.41, 5.74) is 3.68. The predicted molar refractivity (Wildman–Crippen MR) is 130 cm³/mol. The second kappa shape index (κ2) is 9.92. The summed E-state index contributed by atoms with van der Waals surface area (Å²) in [5, 5.41) is 13.7. The minimum Gasteiger partial charge on any atom is -0.480 e. The first kappa shape index (κ1) is 22.5. The number of anilines is 2. The highest BCUT2D eigenvalue weighted by molar-refractivity contribution is 8.13. The predicted octanol–water partition coefficient (Wildman–Crippen LogP) is 1.93. The third-order valence-electron chi connectivity index (χ3n) is 5.87. The summed E-state index contributed by atoms with van der Waals surface area (Å²) in [6.45, 7) is 1.60. The number of thioether (sulfide) groups is 1. The number of benzene rings is 1. The molecule has 2 aliphatic rings. The molecule has 11 heteroatoms. The number of rotatable bonds is 6. The van der Waals surface area contributed by atoms with E-state index < -0.39 is 0 Å². The van der Waals surface area contributed by atoms with E-state index >= 15 is 0 Å². The van der Waals surface area contributed by atoms with Crippen molar-refractivity contribution >= 4 is 45.2 Å². The summed E-state index contributed by atoms with van der Waals surface area (Å²) in [5.74, 6) is 0.301. The zero-order valence-electron chi connectivity index (χ0n) is 18.6. The van der Waals surface area contributed by atoms with Crippen LogP contribution >= 0.6 is 11.8 Å². The molecule has 3 aromatic rings. The van der Waals surface area contributed by atoms with Gasteiger partial charge in [-0.3, -0.25) is 9.59 Å². The third kappa shape index (κ3) is 4.96. The molecule has 10 nitrogen and oxygen atoms in total. The van der Waals surface area contributed by atoms with E-state index in [-0.39, 0.29) is 23.1 Å². The van der Waals surface area contributed by atoms with Crippen LogP contribution in [0.5, 0.6) is 5.88 Å². The molecular weight excluding hydrogens is 454 g/mol. The Kier molecular flexibility index (Phi) is 6.57. The van der Waals surface area contributed by atoms with E-state index in [1.165, 1.54) is 18.9 Å². The maximum atomic E-state index is 12.9. The molecule has 34 heavy (non-hydrogen) atoms. The van der Waals surface area contributed by atoms with Crippen molar-refractivity contribution in [3.63, 3.8) is 0 Å². The smallest absolute Gasteiger partial charge is 0.241 e. The summed E-state index contributed by atoms with van der Waals surface area (Å²) < 4.78 is 5.17. The fourth-order valence-electron chi connectivity index (χ4n) is 4.04. The fourth-order valence-corrected chi connectivity index (χ4v) is 4.81. The number of methoxy groups -OCH3 is 1. The van der Waals surface area contributed by atoms with Crippen molar-refractivity contribution in [3.8, 4) is 5.88 Å². The Labute approximate surface area is 200 Å². The average Bonchev–Trinajstić information content (AvgIpc) is 2.87. The number of carbonyl (C=O) groups excluding carboxylic acids is 2. The van der Waals surface area contributed by atoms with E-state index in [0.29, 0.717) is 48.7 Å². The molecule has 4 N–H and O–H groups in total. The van der Waals surface area contributed by atoms with E-state index in [9.17, 15) is 9.59 Å². The lowest BCUT2D eigenvalue weighted by Gasteiger charge is -2.30. The first-order valence-corrected chi connectivity index (χ1v) is 11.9. The van der Waals surface area contributed by atoms with Crippen LogP contribution in [0.25, 0.3) is 11.0 Å². The highest BCUT2D eigenvalue weighted by Gasteiger charge is 2.26. The van der Waals surface area contributed by atoms with Gasteiger partial charge in [-0.1, -0.05) is 6.07 Å². The van der Waals surface area contributed by atoms with Crippen LogP contribution in [0.1, 0.15) is 18.5 Å². The van der Waals surface area contributed by atoms with Crippen molar-refractivity contribution < 1.29 is 14.3 Å². The molecule has 0 spiro atoms. The quantitative estimate of drug-likeness (QED) is 0.416. The molecule has 5 rings (SSSR count). The van der Waals surface area contributed by atoms with Crippen LogP contribution in [0.4, 0.5) is 11.4 Å². The summed E-state index contributed by atoms with van der Waals surface area (Å²) in [7, 11) is 1.53. The first-order chi connectivity index (χ1) is 16.6. The molecule has 0 radical (unpaired) electrons. The lowest BCUT2D eigenvalue weighted by atomic mass is 10.00. The number of pyridine rings is 1. The minimum atomic E-state index is -0.290. The first-order valence-electron chi connectivity index (χ1n) is 11.1. The van der Waals surface area contributed by atoms with Crippen molar-refractivity contribution in [1.29, 1.82) is 0 Å². The SMILES string of the molecule is COc1cnc2cccc(NC(=O)C3CCC(NCc4ccc5c(n4)SC(=O)CN5)CN3)c2n1. The van der Waals surface area contributed by atoms with Gasteiger partial charge in [0.2, 0.25) is 16.9 Å². The highest BCUT2D eigenvalue weighted by Crippen LogP contribution is 2.30. The Bertz CT molecular complexity index is 1230. The average molecular weight is 480 g/mol. The van der Waals surface area contributed by atoms with E-state index in [2.05, 4.69) is 36.2 Å². The zero-order chi connectivity index (χ0) is 23.5. The van der Waals surface area contributed by atoms with Gasteiger partial charge in [0.25, 0.3) is 0 Å². The lowest BCUT2D eigenvalue weighted by Crippen LogP contribution is -2.52. The number of piperidine rings is 1. The Morgan fingerprint density at radius 1 is 1.24 bits per heavy atom. The maximum absolute atomic E-state index is 12.9. The van der Waals surface area contributed by atoms with Crippen molar-refractivity contribution in [2.45, 2.75) is 36.5 Å². The second-order valence-corrected chi connectivity index (χ2v) is 9.22. The number of carbonyl (C=O) groups is 2. The van der Waals surface area contributed by atoms with Crippen molar-refractivity contribution in [2.24, 2.45) is 0 Å². The number of hydrogen-bond donors (Lipinski definition) is 4. The number of para-hydroxylation sites is 1. The Morgan fingerprint density at radius 3 is 2.97 bits per heavy atom. The van der Waals surface area contributed by atoms with Crippen molar-refractivity contribution in [2.75, 3.05) is 30.8 Å². The molecule has 2 atom stereocenters. The standard InChI is InChI=1S/C23H25N7O3S/c1-33-19-11-26-15-3-2-4-16(21(15)30-19)29-22(32)17-7-5-13(9-25-17)24-10-14-6-8-18-23(28-14)34-20(31)12-27-18/h2-4,6,8,11,13,17,24-25,27H,5,7,9-10,12H2,1H3,(H,29,32). The van der Waals surface area contributed by atoms with E-state index in [4.69, 9.17) is 4.74 Å². The third-order valence-corrected chi connectivity index (χ3v) is 6.75. The van der Waals surface area contributed by atoms with Crippen LogP contribution < -0.4 is 26.0 Å². The van der Waals surface area contributed by atoms with Gasteiger partial charge in [-0.2, -0.15) is 0 Å². The Morgan fingerprint density at radius 2 is 2.15 bits per heavy atom. The summed E-state index contributed by atoms with van der Waals surface area (Å²) >= 11 is 1.18. The van der Waals surface area contributed by atoms with Crippen LogP contribution in [-0.4, -0.2) is 58.3 Å². The molecule has 0 saturated carbocycles. The van der Waals surface area contributed by atoms with Gasteiger partial charge in [0, 0.05) is 19.1 Å². The van der Waals surface area contributed by atoms with Gasteiger partial charge in [0.1, 0.15) is 10.5 Å². The molecule has 4 heterocycles. The Balaban J connectivity index is 1.14. The summed E-state index contributed by atoms with van der Waals surface area (Å²) in [4.78, 5) is 37.9. The zero-order valence-corrected chi connectivity index (χ0v) is 19.4. The summed E-state index contributed by atoms with van der Waals surface area (Å²) in [6, 6.07) is 9.36. The second-order valence-electron chi connectivity index (χ2n) is 8.17. The lowest BCUT2D eigenvalue weighted by molar-refractivity contribution is -0.118. The van der Waals surface area contributed by atoms with Crippen LogP contribution in [0.3, 0.4) is 0 Å². The van der Waals surface area contributed by atoms with Gasteiger partial charge in [0.15, 0.2) is 0 Å². The van der Waals surface area contributed by atoms with Crippen molar-refractivity contribution in [3.05, 3.63) is 42.2 Å². The number of ether oxygens (including phenoxy) is 1. The highest BCUT2D eigenvalue weighted by atomic mass is 32.2. The van der Waals surface area contributed by atoms with Gasteiger partial charge in [-0.25, -0.2) is 15.0 Å². The molecule has 1 amide bonds. The number of amides is 1. The van der Waals surface area contributed by atoms with Gasteiger partial charge in [-0.05, 0) is 48.9 Å². The van der Waals surface area contributed by atoms with Crippen LogP contribution in [0, 0.1) is 0 Å². The van der Waals surface area contributed by atoms with Crippen LogP contribution in [0.15, 0.2) is 41.6 Å². The topological polar surface area (TPSA) is 130 Å². The van der Waals surface area contributed by atoms with E-state index in [0.717, 1.165) is 22.8 Å². The van der Waals surface area contributed by atoms with Crippen LogP contribution in [0.2, 0.25) is 0 Å². The number of fused-ring (bicyclic) bond motifs is 2. The normalized spacial score (nSPS) is 19.9. The molecule has 2 unspecified atom stereocenters.